The van der Waals surface area contributed by atoms with Crippen molar-refractivity contribution in [2.45, 2.75) is 23.7 Å². The van der Waals surface area contributed by atoms with Crippen molar-refractivity contribution in [1.82, 2.24) is 5.32 Å². The fraction of sp³-hybridized carbons (Fsp3) is 0.500. The molecule has 0 radical (unpaired) electrons. The number of fused-ring (bicyclic) bond motifs is 1. The molecule has 1 fully saturated rings. The molecule has 18 heavy (non-hydrogen) atoms. The van der Waals surface area contributed by atoms with E-state index in [4.69, 9.17) is 4.74 Å². The molecule has 1 amide bonds. The van der Waals surface area contributed by atoms with Crippen molar-refractivity contribution in [3.63, 3.8) is 0 Å². The average Bonchev–Trinajstić information content (AvgIpc) is 2.66. The molecule has 1 aliphatic carbocycles. The molecule has 0 aromatic rings. The van der Waals surface area contributed by atoms with Gasteiger partial charge in [0.1, 0.15) is 11.5 Å². The van der Waals surface area contributed by atoms with E-state index in [2.05, 4.69) is 10.1 Å². The summed E-state index contributed by atoms with van der Waals surface area (Å²) in [7, 11) is 1.27. The SMILES string of the molecule is COC(=O)OC1C(NC(C)=O)SC2C=CC=CC21. The van der Waals surface area contributed by atoms with E-state index in [1.165, 1.54) is 14.0 Å². The van der Waals surface area contributed by atoms with E-state index in [1.807, 2.05) is 24.3 Å². The van der Waals surface area contributed by atoms with Crippen LogP contribution in [0.15, 0.2) is 24.3 Å². The number of ether oxygens (including phenoxy) is 2. The van der Waals surface area contributed by atoms with Gasteiger partial charge < -0.3 is 14.8 Å². The molecule has 0 spiro atoms. The first kappa shape index (κ1) is 13.0. The van der Waals surface area contributed by atoms with Crippen LogP contribution in [0.3, 0.4) is 0 Å². The largest absolute Gasteiger partial charge is 0.508 e. The lowest BCUT2D eigenvalue weighted by molar-refractivity contribution is -0.119. The molecule has 1 N–H and O–H groups in total. The molecule has 1 saturated heterocycles. The fourth-order valence-electron chi connectivity index (χ4n) is 2.10. The third-order valence-corrected chi connectivity index (χ3v) is 4.32. The number of hydrogen-bond donors (Lipinski definition) is 1. The summed E-state index contributed by atoms with van der Waals surface area (Å²) in [6.07, 6.45) is 6.79. The van der Waals surface area contributed by atoms with Crippen molar-refractivity contribution in [2.24, 2.45) is 5.92 Å². The van der Waals surface area contributed by atoms with Crippen LogP contribution in [0.1, 0.15) is 6.92 Å². The Kier molecular flexibility index (Phi) is 3.96. The Hall–Kier alpha value is -1.43. The molecule has 0 saturated carbocycles. The number of carbonyl (C=O) groups is 2. The molecule has 0 aromatic heterocycles. The van der Waals surface area contributed by atoms with Crippen LogP contribution in [0.5, 0.6) is 0 Å². The molecule has 98 valence electrons. The van der Waals surface area contributed by atoms with E-state index in [9.17, 15) is 9.59 Å². The highest BCUT2D eigenvalue weighted by Crippen LogP contribution is 2.42. The summed E-state index contributed by atoms with van der Waals surface area (Å²) in [6.45, 7) is 1.45. The third-order valence-electron chi connectivity index (χ3n) is 2.85. The van der Waals surface area contributed by atoms with Gasteiger partial charge in [-0.25, -0.2) is 4.79 Å². The van der Waals surface area contributed by atoms with Crippen LogP contribution < -0.4 is 5.32 Å². The van der Waals surface area contributed by atoms with Crippen LogP contribution in [0.2, 0.25) is 0 Å². The van der Waals surface area contributed by atoms with Crippen molar-refractivity contribution in [3.8, 4) is 0 Å². The van der Waals surface area contributed by atoms with Crippen LogP contribution >= 0.6 is 11.8 Å². The van der Waals surface area contributed by atoms with Gasteiger partial charge in [-0.2, -0.15) is 0 Å². The number of hydrogen-bond acceptors (Lipinski definition) is 5. The molecule has 1 heterocycles. The van der Waals surface area contributed by atoms with E-state index in [0.29, 0.717) is 0 Å². The fourth-order valence-corrected chi connectivity index (χ4v) is 3.67. The summed E-state index contributed by atoms with van der Waals surface area (Å²) in [5.41, 5.74) is 0. The number of rotatable bonds is 2. The molecule has 4 atom stereocenters. The molecule has 0 aromatic carbocycles. The normalized spacial score (nSPS) is 32.8. The highest BCUT2D eigenvalue weighted by molar-refractivity contribution is 8.01. The predicted molar refractivity (Wildman–Crippen MR) is 68.0 cm³/mol. The van der Waals surface area contributed by atoms with Crippen LogP contribution in [-0.4, -0.2) is 35.9 Å². The average molecular weight is 269 g/mol. The monoisotopic (exact) mass is 269 g/mol. The Morgan fingerprint density at radius 2 is 2.00 bits per heavy atom. The van der Waals surface area contributed by atoms with Gasteiger partial charge in [0, 0.05) is 18.1 Å². The number of thioether (sulfide) groups is 1. The number of amides is 1. The molecule has 0 bridgehead atoms. The highest BCUT2D eigenvalue weighted by Gasteiger charge is 2.45. The van der Waals surface area contributed by atoms with Crippen LogP contribution in [0.25, 0.3) is 0 Å². The minimum atomic E-state index is -0.723. The maximum Gasteiger partial charge on any atom is 0.508 e. The number of methoxy groups -OCH3 is 1. The minimum absolute atomic E-state index is 0.0657. The molecule has 5 nitrogen and oxygen atoms in total. The summed E-state index contributed by atoms with van der Waals surface area (Å²) in [4.78, 5) is 22.4. The second kappa shape index (κ2) is 5.48. The van der Waals surface area contributed by atoms with E-state index in [1.54, 1.807) is 11.8 Å². The number of carbonyl (C=O) groups excluding carboxylic acids is 2. The summed E-state index contributed by atoms with van der Waals surface area (Å²) < 4.78 is 9.78. The maximum atomic E-state index is 11.3. The molecule has 2 rings (SSSR count). The van der Waals surface area contributed by atoms with Crippen LogP contribution in [-0.2, 0) is 14.3 Å². The highest BCUT2D eigenvalue weighted by atomic mass is 32.2. The Balaban J connectivity index is 2.13. The lowest BCUT2D eigenvalue weighted by atomic mass is 9.94. The maximum absolute atomic E-state index is 11.3. The van der Waals surface area contributed by atoms with E-state index < -0.39 is 12.3 Å². The summed E-state index contributed by atoms with van der Waals surface area (Å²) in [5, 5.41) is 2.76. The topological polar surface area (TPSA) is 64.6 Å². The van der Waals surface area contributed by atoms with Crippen molar-refractivity contribution >= 4 is 23.8 Å². The lowest BCUT2D eigenvalue weighted by Gasteiger charge is -2.23. The van der Waals surface area contributed by atoms with E-state index in [0.717, 1.165) is 0 Å². The van der Waals surface area contributed by atoms with Crippen molar-refractivity contribution in [2.75, 3.05) is 7.11 Å². The third kappa shape index (κ3) is 2.69. The molecule has 2 aliphatic rings. The first-order valence-corrected chi connectivity index (χ1v) is 6.58. The summed E-state index contributed by atoms with van der Waals surface area (Å²) >= 11 is 1.58. The zero-order valence-corrected chi connectivity index (χ0v) is 11.0. The molecular weight excluding hydrogens is 254 g/mol. The van der Waals surface area contributed by atoms with Gasteiger partial charge in [0.05, 0.1) is 7.11 Å². The van der Waals surface area contributed by atoms with Gasteiger partial charge >= 0.3 is 6.16 Å². The smallest absolute Gasteiger partial charge is 0.438 e. The van der Waals surface area contributed by atoms with Gasteiger partial charge in [0.2, 0.25) is 5.91 Å². The Labute approximate surface area is 110 Å². The molecule has 1 aliphatic heterocycles. The zero-order valence-electron chi connectivity index (χ0n) is 10.2. The van der Waals surface area contributed by atoms with Gasteiger partial charge in [-0.15, -0.1) is 11.8 Å². The first-order valence-electron chi connectivity index (χ1n) is 5.64. The lowest BCUT2D eigenvalue weighted by Crippen LogP contribution is -2.41. The van der Waals surface area contributed by atoms with Crippen molar-refractivity contribution in [1.29, 1.82) is 0 Å². The summed E-state index contributed by atoms with van der Waals surface area (Å²) in [5.74, 6) is -0.0754. The molecule has 4 unspecified atom stereocenters. The van der Waals surface area contributed by atoms with Crippen LogP contribution in [0, 0.1) is 5.92 Å². The van der Waals surface area contributed by atoms with E-state index in [-0.39, 0.29) is 22.4 Å². The quantitative estimate of drug-likeness (QED) is 0.769. The zero-order chi connectivity index (χ0) is 13.1. The van der Waals surface area contributed by atoms with Crippen molar-refractivity contribution in [3.05, 3.63) is 24.3 Å². The van der Waals surface area contributed by atoms with Gasteiger partial charge in [-0.1, -0.05) is 24.3 Å². The number of nitrogens with one attached hydrogen (secondary N) is 1. The second-order valence-corrected chi connectivity index (χ2v) is 5.43. The van der Waals surface area contributed by atoms with Gasteiger partial charge in [-0.05, 0) is 0 Å². The Bertz CT molecular complexity index is 407. The number of allylic oxidation sites excluding steroid dienone is 2. The first-order chi connectivity index (χ1) is 8.61. The minimum Gasteiger partial charge on any atom is -0.438 e. The van der Waals surface area contributed by atoms with Gasteiger partial charge in [-0.3, -0.25) is 4.79 Å². The molecular formula is C12H15NO4S. The van der Waals surface area contributed by atoms with Crippen LogP contribution in [0.4, 0.5) is 4.79 Å². The molecule has 6 heteroatoms. The summed E-state index contributed by atoms with van der Waals surface area (Å²) in [6, 6.07) is 0. The Morgan fingerprint density at radius 3 is 2.67 bits per heavy atom. The standard InChI is InChI=1S/C12H15NO4S/c1-7(14)13-11-10(17-12(15)16-2)8-5-3-4-6-9(8)18-11/h3-6,8-11H,1-2H3,(H,13,14). The van der Waals surface area contributed by atoms with Gasteiger partial charge in [0.15, 0.2) is 0 Å². The predicted octanol–water partition coefficient (Wildman–Crippen LogP) is 1.46. The Morgan fingerprint density at radius 1 is 1.28 bits per heavy atom. The second-order valence-electron chi connectivity index (χ2n) is 4.11. The van der Waals surface area contributed by atoms with Gasteiger partial charge in [0.25, 0.3) is 0 Å². The van der Waals surface area contributed by atoms with E-state index >= 15 is 0 Å². The van der Waals surface area contributed by atoms with Crippen molar-refractivity contribution < 1.29 is 19.1 Å².